The van der Waals surface area contributed by atoms with Gasteiger partial charge in [0, 0.05) is 36.8 Å². The summed E-state index contributed by atoms with van der Waals surface area (Å²) in [5, 5.41) is 10.2. The van der Waals surface area contributed by atoms with E-state index in [2.05, 4.69) is 15.5 Å². The van der Waals surface area contributed by atoms with Crippen molar-refractivity contribution in [2.45, 2.75) is 24.7 Å². The fourth-order valence-electron chi connectivity index (χ4n) is 2.88. The molecule has 1 aromatic heterocycles. The standard InChI is InChI=1S/C21H22N4O5S/c1-15(26)16-8-10-19(11-9-16)31(28,29)25(2)12-4-7-20(27)23-18-6-3-5-17(13-18)21-24-22-14-30-21/h3,5-6,8-11,13-14H,4,7,12H2,1-2H3,(H,23,27). The summed E-state index contributed by atoms with van der Waals surface area (Å²) in [6, 6.07) is 12.8. The highest BCUT2D eigenvalue weighted by Gasteiger charge is 2.20. The first kappa shape index (κ1) is 22.3. The van der Waals surface area contributed by atoms with E-state index in [0.29, 0.717) is 29.1 Å². The number of sulfonamides is 1. The zero-order valence-corrected chi connectivity index (χ0v) is 17.9. The Balaban J connectivity index is 1.53. The van der Waals surface area contributed by atoms with E-state index in [-0.39, 0.29) is 29.6 Å². The Hall–Kier alpha value is -3.37. The number of Topliss-reactive ketones (excluding diaryl/α,β-unsaturated/α-hetero) is 1. The zero-order chi connectivity index (χ0) is 22.4. The van der Waals surface area contributed by atoms with Gasteiger partial charge in [-0.2, -0.15) is 0 Å². The van der Waals surface area contributed by atoms with Crippen molar-refractivity contribution in [3.63, 3.8) is 0 Å². The lowest BCUT2D eigenvalue weighted by Crippen LogP contribution is -2.28. The van der Waals surface area contributed by atoms with Gasteiger partial charge in [-0.05, 0) is 43.7 Å². The van der Waals surface area contributed by atoms with Gasteiger partial charge in [-0.25, -0.2) is 12.7 Å². The minimum atomic E-state index is -3.70. The Morgan fingerprint density at radius 3 is 2.52 bits per heavy atom. The van der Waals surface area contributed by atoms with E-state index < -0.39 is 10.0 Å². The summed E-state index contributed by atoms with van der Waals surface area (Å²) in [6.07, 6.45) is 1.72. The van der Waals surface area contributed by atoms with Crippen molar-refractivity contribution in [1.29, 1.82) is 0 Å². The van der Waals surface area contributed by atoms with Crippen molar-refractivity contribution in [3.05, 3.63) is 60.5 Å². The normalized spacial score (nSPS) is 11.5. The molecule has 1 amide bonds. The maximum Gasteiger partial charge on any atom is 0.247 e. The van der Waals surface area contributed by atoms with Gasteiger partial charge >= 0.3 is 0 Å². The molecule has 3 aromatic rings. The second-order valence-electron chi connectivity index (χ2n) is 6.88. The van der Waals surface area contributed by atoms with Gasteiger partial charge in [0.05, 0.1) is 4.90 Å². The van der Waals surface area contributed by atoms with E-state index in [1.165, 1.54) is 48.9 Å². The lowest BCUT2D eigenvalue weighted by Gasteiger charge is -2.17. The number of carbonyl (C=O) groups is 2. The molecule has 31 heavy (non-hydrogen) atoms. The Morgan fingerprint density at radius 1 is 1.13 bits per heavy atom. The number of ketones is 1. The predicted molar refractivity (Wildman–Crippen MR) is 114 cm³/mol. The van der Waals surface area contributed by atoms with Crippen LogP contribution >= 0.6 is 0 Å². The molecule has 0 aliphatic rings. The number of rotatable bonds is 9. The Morgan fingerprint density at radius 2 is 1.87 bits per heavy atom. The molecule has 10 heteroatoms. The average Bonchev–Trinajstić information content (AvgIpc) is 3.29. The van der Waals surface area contributed by atoms with Gasteiger partial charge in [-0.3, -0.25) is 9.59 Å². The van der Waals surface area contributed by atoms with Crippen molar-refractivity contribution in [3.8, 4) is 11.5 Å². The number of amides is 1. The topological polar surface area (TPSA) is 122 Å². The Labute approximate surface area is 180 Å². The molecule has 0 saturated heterocycles. The molecule has 9 nitrogen and oxygen atoms in total. The molecule has 0 fully saturated rings. The number of hydrogen-bond acceptors (Lipinski definition) is 7. The van der Waals surface area contributed by atoms with Crippen LogP contribution in [0.1, 0.15) is 30.1 Å². The molecular formula is C21H22N4O5S. The van der Waals surface area contributed by atoms with Gasteiger partial charge < -0.3 is 9.73 Å². The summed E-state index contributed by atoms with van der Waals surface area (Å²) >= 11 is 0. The summed E-state index contributed by atoms with van der Waals surface area (Å²) in [6.45, 7) is 1.59. The molecular weight excluding hydrogens is 420 g/mol. The maximum atomic E-state index is 12.7. The lowest BCUT2D eigenvalue weighted by atomic mass is 10.2. The summed E-state index contributed by atoms with van der Waals surface area (Å²) in [4.78, 5) is 23.7. The third-order valence-corrected chi connectivity index (χ3v) is 6.47. The van der Waals surface area contributed by atoms with Crippen molar-refractivity contribution < 1.29 is 22.4 Å². The van der Waals surface area contributed by atoms with E-state index in [1.807, 2.05) is 0 Å². The molecule has 0 aliphatic carbocycles. The highest BCUT2D eigenvalue weighted by atomic mass is 32.2. The summed E-state index contributed by atoms with van der Waals surface area (Å²) in [5.74, 6) is -0.0236. The van der Waals surface area contributed by atoms with Crippen LogP contribution < -0.4 is 5.32 Å². The molecule has 2 aromatic carbocycles. The van der Waals surface area contributed by atoms with Crippen LogP contribution in [0.25, 0.3) is 11.5 Å². The summed E-state index contributed by atoms with van der Waals surface area (Å²) in [5.41, 5.74) is 1.70. The Kier molecular flexibility index (Phi) is 6.93. The number of nitrogens with one attached hydrogen (secondary N) is 1. The third-order valence-electron chi connectivity index (χ3n) is 4.60. The number of aromatic nitrogens is 2. The predicted octanol–water partition coefficient (Wildman–Crippen LogP) is 2.98. The van der Waals surface area contributed by atoms with Crippen LogP contribution in [0.15, 0.2) is 64.2 Å². The van der Waals surface area contributed by atoms with Crippen LogP contribution in [0, 0.1) is 0 Å². The van der Waals surface area contributed by atoms with Gasteiger partial charge in [0.15, 0.2) is 5.78 Å². The van der Waals surface area contributed by atoms with E-state index >= 15 is 0 Å². The van der Waals surface area contributed by atoms with Crippen molar-refractivity contribution >= 4 is 27.4 Å². The molecule has 0 unspecified atom stereocenters. The number of benzene rings is 2. The fraction of sp³-hybridized carbons (Fsp3) is 0.238. The molecule has 1 heterocycles. The van der Waals surface area contributed by atoms with E-state index in [1.54, 1.807) is 24.3 Å². The molecule has 1 N–H and O–H groups in total. The number of nitrogens with zero attached hydrogens (tertiary/aromatic N) is 3. The van der Waals surface area contributed by atoms with Crippen LogP contribution in [0.4, 0.5) is 5.69 Å². The van der Waals surface area contributed by atoms with E-state index in [4.69, 9.17) is 4.42 Å². The highest BCUT2D eigenvalue weighted by molar-refractivity contribution is 7.89. The van der Waals surface area contributed by atoms with Crippen LogP contribution in [0.2, 0.25) is 0 Å². The molecule has 0 radical (unpaired) electrons. The van der Waals surface area contributed by atoms with E-state index in [0.717, 1.165) is 0 Å². The quantitative estimate of drug-likeness (QED) is 0.505. The minimum Gasteiger partial charge on any atom is -0.423 e. The lowest BCUT2D eigenvalue weighted by molar-refractivity contribution is -0.116. The molecule has 0 atom stereocenters. The smallest absolute Gasteiger partial charge is 0.247 e. The van der Waals surface area contributed by atoms with Crippen LogP contribution in [-0.4, -0.2) is 48.2 Å². The molecule has 0 aliphatic heterocycles. The molecule has 0 saturated carbocycles. The highest BCUT2D eigenvalue weighted by Crippen LogP contribution is 2.21. The summed E-state index contributed by atoms with van der Waals surface area (Å²) in [7, 11) is -2.24. The molecule has 162 valence electrons. The van der Waals surface area contributed by atoms with Crippen LogP contribution in [0.3, 0.4) is 0 Å². The first-order valence-corrected chi connectivity index (χ1v) is 10.9. The first-order chi connectivity index (χ1) is 14.8. The molecule has 0 bridgehead atoms. The Bertz CT molecular complexity index is 1160. The number of anilines is 1. The SMILES string of the molecule is CC(=O)c1ccc(S(=O)(=O)N(C)CCCC(=O)Nc2cccc(-c3nnco3)c2)cc1. The maximum absolute atomic E-state index is 12.7. The first-order valence-electron chi connectivity index (χ1n) is 9.51. The molecule has 3 rings (SSSR count). The second kappa shape index (κ2) is 9.63. The van der Waals surface area contributed by atoms with Crippen LogP contribution in [0.5, 0.6) is 0 Å². The second-order valence-corrected chi connectivity index (χ2v) is 8.93. The summed E-state index contributed by atoms with van der Waals surface area (Å²) < 4.78 is 31.6. The van der Waals surface area contributed by atoms with Gasteiger partial charge in [0.2, 0.25) is 28.2 Å². The van der Waals surface area contributed by atoms with Gasteiger partial charge in [0.25, 0.3) is 0 Å². The third kappa shape index (κ3) is 5.62. The van der Waals surface area contributed by atoms with Crippen molar-refractivity contribution in [1.82, 2.24) is 14.5 Å². The van der Waals surface area contributed by atoms with Crippen molar-refractivity contribution in [2.75, 3.05) is 18.9 Å². The van der Waals surface area contributed by atoms with Crippen LogP contribution in [-0.2, 0) is 14.8 Å². The monoisotopic (exact) mass is 442 g/mol. The van der Waals surface area contributed by atoms with E-state index in [9.17, 15) is 18.0 Å². The van der Waals surface area contributed by atoms with Gasteiger partial charge in [-0.15, -0.1) is 10.2 Å². The zero-order valence-electron chi connectivity index (χ0n) is 17.1. The van der Waals surface area contributed by atoms with Crippen molar-refractivity contribution in [2.24, 2.45) is 0 Å². The fourth-order valence-corrected chi connectivity index (χ4v) is 4.09. The van der Waals surface area contributed by atoms with Gasteiger partial charge in [-0.1, -0.05) is 18.2 Å². The number of carbonyl (C=O) groups excluding carboxylic acids is 2. The van der Waals surface area contributed by atoms with Gasteiger partial charge in [0.1, 0.15) is 0 Å². The molecule has 0 spiro atoms. The minimum absolute atomic E-state index is 0.0993. The largest absolute Gasteiger partial charge is 0.423 e. The number of hydrogen-bond donors (Lipinski definition) is 1. The average molecular weight is 442 g/mol.